The Hall–Kier alpha value is -2.24. The van der Waals surface area contributed by atoms with E-state index < -0.39 is 39.4 Å². The van der Waals surface area contributed by atoms with Gasteiger partial charge in [-0.1, -0.05) is 12.1 Å². The van der Waals surface area contributed by atoms with Crippen molar-refractivity contribution < 1.29 is 48.5 Å². The van der Waals surface area contributed by atoms with Crippen molar-refractivity contribution in [2.45, 2.75) is 11.7 Å². The number of allylic oxidation sites excluding steroid dienone is 2. The Bertz CT molecular complexity index is 748. The minimum absolute atomic E-state index is 0.0895. The molecule has 5 nitrogen and oxygen atoms in total. The third-order valence-electron chi connectivity index (χ3n) is 2.38. The molecule has 0 saturated carbocycles. The van der Waals surface area contributed by atoms with Gasteiger partial charge < -0.3 is 8.92 Å². The first-order chi connectivity index (χ1) is 10.8. The summed E-state index contributed by atoms with van der Waals surface area (Å²) in [6.07, 6.45) is -6.04. The molecule has 134 valence electrons. The first-order valence-electron chi connectivity index (χ1n) is 5.76. The van der Waals surface area contributed by atoms with Gasteiger partial charge in [0, 0.05) is 11.6 Å². The predicted octanol–water partition coefficient (Wildman–Crippen LogP) is 3.19. The first kappa shape index (κ1) is 19.8. The van der Waals surface area contributed by atoms with E-state index in [1.54, 1.807) is 0 Å². The van der Waals surface area contributed by atoms with E-state index in [9.17, 15) is 39.6 Å². The van der Waals surface area contributed by atoms with Crippen LogP contribution in [0.3, 0.4) is 0 Å². The topological polar surface area (TPSA) is 69.7 Å². The number of rotatable bonds is 5. The van der Waals surface area contributed by atoms with E-state index in [4.69, 9.17) is 4.74 Å². The molecule has 1 aromatic carbocycles. The highest BCUT2D eigenvalue weighted by Gasteiger charge is 2.52. The third-order valence-corrected chi connectivity index (χ3v) is 3.34. The molecule has 0 aromatic heterocycles. The molecule has 1 rings (SSSR count). The summed E-state index contributed by atoms with van der Waals surface area (Å²) in [4.78, 5) is 11.7. The summed E-state index contributed by atoms with van der Waals surface area (Å²) in [6.45, 7) is 0. The second kappa shape index (κ2) is 6.71. The Labute approximate surface area is 131 Å². The zero-order chi connectivity index (χ0) is 18.8. The van der Waals surface area contributed by atoms with E-state index in [2.05, 4.69) is 4.18 Å². The van der Waals surface area contributed by atoms with Crippen LogP contribution >= 0.6 is 0 Å². The minimum atomic E-state index is -6.59. The standard InChI is InChI=1S/C12H8F6O5S/c1-22-8-4-2-3-7(5-8)9(19)6-10(11(13,14)15)23-24(20,21)12(16,17)18/h2-6H,1H3. The van der Waals surface area contributed by atoms with Crippen LogP contribution in [-0.2, 0) is 14.3 Å². The van der Waals surface area contributed by atoms with Crippen molar-refractivity contribution in [2.24, 2.45) is 0 Å². The van der Waals surface area contributed by atoms with E-state index in [1.807, 2.05) is 0 Å². The fourth-order valence-corrected chi connectivity index (χ4v) is 1.77. The molecule has 0 spiro atoms. The van der Waals surface area contributed by atoms with E-state index in [0.29, 0.717) is 0 Å². The largest absolute Gasteiger partial charge is 0.534 e. The Balaban J connectivity index is 3.26. The lowest BCUT2D eigenvalue weighted by Crippen LogP contribution is -2.29. The zero-order valence-electron chi connectivity index (χ0n) is 11.6. The van der Waals surface area contributed by atoms with Crippen molar-refractivity contribution in [1.82, 2.24) is 0 Å². The van der Waals surface area contributed by atoms with Crippen LogP contribution in [0.25, 0.3) is 0 Å². The van der Waals surface area contributed by atoms with Gasteiger partial charge in [-0.15, -0.1) is 0 Å². The highest BCUT2D eigenvalue weighted by Crippen LogP contribution is 2.33. The summed E-state index contributed by atoms with van der Waals surface area (Å²) < 4.78 is 104. The molecule has 0 aliphatic heterocycles. The van der Waals surface area contributed by atoms with Gasteiger partial charge in [0.15, 0.2) is 5.78 Å². The van der Waals surface area contributed by atoms with Crippen LogP contribution < -0.4 is 4.74 Å². The van der Waals surface area contributed by atoms with E-state index in [1.165, 1.54) is 19.2 Å². The van der Waals surface area contributed by atoms with Gasteiger partial charge in [-0.3, -0.25) is 4.79 Å². The number of carbonyl (C=O) groups excluding carboxylic acids is 1. The van der Waals surface area contributed by atoms with Crippen LogP contribution in [0.15, 0.2) is 36.1 Å². The van der Waals surface area contributed by atoms with Gasteiger partial charge in [0.1, 0.15) is 5.75 Å². The molecule has 0 amide bonds. The maximum Gasteiger partial charge on any atom is 0.534 e. The zero-order valence-corrected chi connectivity index (χ0v) is 12.4. The Morgan fingerprint density at radius 3 is 2.17 bits per heavy atom. The van der Waals surface area contributed by atoms with Gasteiger partial charge in [-0.05, 0) is 12.1 Å². The van der Waals surface area contributed by atoms with Crippen molar-refractivity contribution in [1.29, 1.82) is 0 Å². The van der Waals surface area contributed by atoms with Crippen LogP contribution in [0.2, 0.25) is 0 Å². The maximum absolute atomic E-state index is 12.7. The van der Waals surface area contributed by atoms with Crippen molar-refractivity contribution in [3.8, 4) is 5.75 Å². The fraction of sp³-hybridized carbons (Fsp3) is 0.250. The lowest BCUT2D eigenvalue weighted by Gasteiger charge is -2.14. The van der Waals surface area contributed by atoms with Crippen LogP contribution in [0, 0.1) is 0 Å². The molecule has 0 unspecified atom stereocenters. The van der Waals surface area contributed by atoms with Crippen molar-refractivity contribution in [3.05, 3.63) is 41.7 Å². The number of hydrogen-bond acceptors (Lipinski definition) is 5. The number of ether oxygens (including phenoxy) is 1. The number of halogens is 6. The molecule has 0 aliphatic rings. The quantitative estimate of drug-likeness (QED) is 0.197. The molecule has 0 atom stereocenters. The molecule has 0 N–H and O–H groups in total. The summed E-state index contributed by atoms with van der Waals surface area (Å²) in [5.74, 6) is -3.96. The Morgan fingerprint density at radius 1 is 1.12 bits per heavy atom. The third kappa shape index (κ3) is 4.88. The molecule has 0 saturated heterocycles. The molecule has 24 heavy (non-hydrogen) atoms. The second-order valence-electron chi connectivity index (χ2n) is 4.09. The van der Waals surface area contributed by atoms with Crippen molar-refractivity contribution >= 4 is 15.9 Å². The smallest absolute Gasteiger partial charge is 0.497 e. The number of methoxy groups -OCH3 is 1. The molecular weight excluding hydrogens is 370 g/mol. The highest BCUT2D eigenvalue weighted by molar-refractivity contribution is 7.87. The number of benzene rings is 1. The Morgan fingerprint density at radius 2 is 1.71 bits per heavy atom. The van der Waals surface area contributed by atoms with Crippen LogP contribution in [0.4, 0.5) is 26.3 Å². The lowest BCUT2D eigenvalue weighted by molar-refractivity contribution is -0.119. The van der Waals surface area contributed by atoms with Gasteiger partial charge in [0.05, 0.1) is 7.11 Å². The number of ketones is 1. The minimum Gasteiger partial charge on any atom is -0.497 e. The molecule has 0 bridgehead atoms. The molecular formula is C12H8F6O5S. The number of hydrogen-bond donors (Lipinski definition) is 0. The second-order valence-corrected chi connectivity index (χ2v) is 5.62. The van der Waals surface area contributed by atoms with E-state index in [0.717, 1.165) is 12.1 Å². The van der Waals surface area contributed by atoms with Crippen LogP contribution in [0.1, 0.15) is 10.4 Å². The predicted molar refractivity (Wildman–Crippen MR) is 67.5 cm³/mol. The average Bonchev–Trinajstić information content (AvgIpc) is 2.44. The van der Waals surface area contributed by atoms with Gasteiger partial charge in [0.25, 0.3) is 0 Å². The normalized spacial score (nSPS) is 13.5. The molecule has 0 heterocycles. The molecule has 0 radical (unpaired) electrons. The van der Waals surface area contributed by atoms with E-state index in [-0.39, 0.29) is 11.3 Å². The van der Waals surface area contributed by atoms with Gasteiger partial charge in [-0.2, -0.15) is 34.8 Å². The molecule has 0 aliphatic carbocycles. The lowest BCUT2D eigenvalue weighted by atomic mass is 10.1. The number of carbonyl (C=O) groups is 1. The first-order valence-corrected chi connectivity index (χ1v) is 7.17. The van der Waals surface area contributed by atoms with Gasteiger partial charge in [0.2, 0.25) is 5.76 Å². The van der Waals surface area contributed by atoms with Gasteiger partial charge >= 0.3 is 21.8 Å². The van der Waals surface area contributed by atoms with Crippen LogP contribution in [0.5, 0.6) is 5.75 Å². The number of alkyl halides is 6. The van der Waals surface area contributed by atoms with Gasteiger partial charge in [-0.25, -0.2) is 0 Å². The summed E-state index contributed by atoms with van der Waals surface area (Å²) in [5, 5.41) is 0. The Kier molecular flexibility index (Phi) is 5.54. The summed E-state index contributed by atoms with van der Waals surface area (Å²) in [6, 6.07) is 4.65. The molecule has 1 aromatic rings. The van der Waals surface area contributed by atoms with Crippen molar-refractivity contribution in [2.75, 3.05) is 7.11 Å². The summed E-state index contributed by atoms with van der Waals surface area (Å²) in [5.41, 5.74) is -6.47. The van der Waals surface area contributed by atoms with Crippen LogP contribution in [-0.4, -0.2) is 33.0 Å². The fourth-order valence-electron chi connectivity index (χ4n) is 1.30. The summed E-state index contributed by atoms with van der Waals surface area (Å²) >= 11 is 0. The highest BCUT2D eigenvalue weighted by atomic mass is 32.2. The van der Waals surface area contributed by atoms with E-state index >= 15 is 0 Å². The average molecular weight is 378 g/mol. The monoisotopic (exact) mass is 378 g/mol. The molecule has 12 heteroatoms. The maximum atomic E-state index is 12.7. The molecule has 0 fully saturated rings. The SMILES string of the molecule is COc1cccc(C(=O)C=C(OS(=O)(=O)C(F)(F)F)C(F)(F)F)c1. The van der Waals surface area contributed by atoms with Crippen molar-refractivity contribution in [3.63, 3.8) is 0 Å². The summed E-state index contributed by atoms with van der Waals surface area (Å²) in [7, 11) is -5.38.